The van der Waals surface area contributed by atoms with Crippen molar-refractivity contribution in [2.24, 2.45) is 0 Å². The van der Waals surface area contributed by atoms with Crippen LogP contribution in [0.15, 0.2) is 36.4 Å². The number of phenolic OH excluding ortho intramolecular Hbond substituents is 1. The summed E-state index contributed by atoms with van der Waals surface area (Å²) >= 11 is 0. The molecule has 0 aliphatic heterocycles. The first-order valence-corrected chi connectivity index (χ1v) is 6.31. The van der Waals surface area contributed by atoms with Crippen LogP contribution in [0, 0.1) is 11.3 Å². The highest BCUT2D eigenvalue weighted by molar-refractivity contribution is 5.72. The van der Waals surface area contributed by atoms with E-state index in [4.69, 9.17) is 14.7 Å². The lowest BCUT2D eigenvalue weighted by molar-refractivity contribution is 0.340. The van der Waals surface area contributed by atoms with Gasteiger partial charge in [-0.25, -0.2) is 0 Å². The van der Waals surface area contributed by atoms with Crippen LogP contribution in [0.2, 0.25) is 0 Å². The van der Waals surface area contributed by atoms with Crippen LogP contribution in [0.5, 0.6) is 17.2 Å². The van der Waals surface area contributed by atoms with Gasteiger partial charge < -0.3 is 14.6 Å². The first-order chi connectivity index (χ1) is 10.2. The minimum Gasteiger partial charge on any atom is -0.502 e. The zero-order valence-electron chi connectivity index (χ0n) is 11.8. The minimum atomic E-state index is -0.0180. The fourth-order valence-electron chi connectivity index (χ4n) is 1.87. The van der Waals surface area contributed by atoms with Crippen LogP contribution < -0.4 is 9.47 Å². The molecule has 4 nitrogen and oxygen atoms in total. The van der Waals surface area contributed by atoms with E-state index in [9.17, 15) is 5.11 Å². The van der Waals surface area contributed by atoms with Gasteiger partial charge in [0.2, 0.25) is 5.75 Å². The van der Waals surface area contributed by atoms with Crippen molar-refractivity contribution in [3.63, 3.8) is 0 Å². The molecule has 0 saturated heterocycles. The zero-order chi connectivity index (χ0) is 15.2. The summed E-state index contributed by atoms with van der Waals surface area (Å²) in [6, 6.07) is 12.8. The number of methoxy groups -OCH3 is 2. The number of aromatic hydroxyl groups is 1. The number of rotatable bonds is 4. The van der Waals surface area contributed by atoms with Crippen LogP contribution in [-0.4, -0.2) is 19.3 Å². The predicted octanol–water partition coefficient (Wildman–Crippen LogP) is 3.45. The van der Waals surface area contributed by atoms with Crippen molar-refractivity contribution in [3.8, 4) is 23.3 Å². The van der Waals surface area contributed by atoms with Gasteiger partial charge in [0.25, 0.3) is 0 Å². The second-order valence-corrected chi connectivity index (χ2v) is 4.34. The van der Waals surface area contributed by atoms with Crippen molar-refractivity contribution >= 4 is 12.2 Å². The predicted molar refractivity (Wildman–Crippen MR) is 81.3 cm³/mol. The van der Waals surface area contributed by atoms with Crippen molar-refractivity contribution in [2.75, 3.05) is 14.2 Å². The van der Waals surface area contributed by atoms with E-state index in [-0.39, 0.29) is 5.75 Å². The molecule has 0 radical (unpaired) electrons. The van der Waals surface area contributed by atoms with Crippen molar-refractivity contribution in [1.82, 2.24) is 0 Å². The molecule has 0 unspecified atom stereocenters. The Kier molecular flexibility index (Phi) is 4.47. The molecule has 0 spiro atoms. The Morgan fingerprint density at radius 1 is 0.952 bits per heavy atom. The third kappa shape index (κ3) is 3.34. The number of phenols is 1. The maximum atomic E-state index is 9.85. The molecular formula is C17H15NO3. The zero-order valence-corrected chi connectivity index (χ0v) is 11.8. The van der Waals surface area contributed by atoms with Gasteiger partial charge in [-0.05, 0) is 35.4 Å². The third-order valence-electron chi connectivity index (χ3n) is 3.01. The maximum Gasteiger partial charge on any atom is 0.200 e. The molecule has 0 atom stereocenters. The molecular weight excluding hydrogens is 266 g/mol. The van der Waals surface area contributed by atoms with E-state index in [0.717, 1.165) is 11.1 Å². The van der Waals surface area contributed by atoms with Gasteiger partial charge in [0.15, 0.2) is 11.5 Å². The van der Waals surface area contributed by atoms with Crippen LogP contribution in [0.3, 0.4) is 0 Å². The van der Waals surface area contributed by atoms with Gasteiger partial charge in [-0.3, -0.25) is 0 Å². The highest BCUT2D eigenvalue weighted by atomic mass is 16.5. The molecule has 4 heteroatoms. The Bertz CT molecular complexity index is 672. The number of hydrogen-bond donors (Lipinski definition) is 1. The normalized spacial score (nSPS) is 10.3. The smallest absolute Gasteiger partial charge is 0.200 e. The molecule has 2 aromatic rings. The molecule has 0 amide bonds. The second-order valence-electron chi connectivity index (χ2n) is 4.34. The van der Waals surface area contributed by atoms with Crippen molar-refractivity contribution in [2.45, 2.75) is 0 Å². The summed E-state index contributed by atoms with van der Waals surface area (Å²) in [7, 11) is 2.98. The Morgan fingerprint density at radius 3 is 1.95 bits per heavy atom. The number of nitrogens with zero attached hydrogens (tertiary/aromatic N) is 1. The molecule has 21 heavy (non-hydrogen) atoms. The van der Waals surface area contributed by atoms with Gasteiger partial charge in [0, 0.05) is 0 Å². The van der Waals surface area contributed by atoms with E-state index in [2.05, 4.69) is 6.07 Å². The molecule has 0 aromatic heterocycles. The standard InChI is InChI=1S/C17H15NO3/c1-20-15-9-14(10-16(21-2)17(15)19)8-5-12-3-6-13(11-18)7-4-12/h3-10,19H,1-2H3/b8-5+. The Balaban J connectivity index is 2.29. The van der Waals surface area contributed by atoms with E-state index >= 15 is 0 Å². The monoisotopic (exact) mass is 281 g/mol. The summed E-state index contributed by atoms with van der Waals surface area (Å²) in [4.78, 5) is 0. The molecule has 0 bridgehead atoms. The SMILES string of the molecule is COc1cc(/C=C/c2ccc(C#N)cc2)cc(OC)c1O. The maximum absolute atomic E-state index is 9.85. The molecule has 1 N–H and O–H groups in total. The van der Waals surface area contributed by atoms with Crippen LogP contribution in [-0.2, 0) is 0 Å². The number of benzene rings is 2. The van der Waals surface area contributed by atoms with Gasteiger partial charge in [-0.15, -0.1) is 0 Å². The van der Waals surface area contributed by atoms with Crippen molar-refractivity contribution in [1.29, 1.82) is 5.26 Å². The summed E-state index contributed by atoms with van der Waals surface area (Å²) in [6.45, 7) is 0. The number of hydrogen-bond acceptors (Lipinski definition) is 4. The van der Waals surface area contributed by atoms with Crippen molar-refractivity contribution < 1.29 is 14.6 Å². The van der Waals surface area contributed by atoms with Gasteiger partial charge in [0.05, 0.1) is 25.9 Å². The first-order valence-electron chi connectivity index (χ1n) is 6.31. The van der Waals surface area contributed by atoms with Crippen LogP contribution in [0.25, 0.3) is 12.2 Å². The molecule has 0 aliphatic carbocycles. The summed E-state index contributed by atoms with van der Waals surface area (Å²) < 4.78 is 10.2. The molecule has 0 aliphatic rings. The average Bonchev–Trinajstić information content (AvgIpc) is 2.54. The minimum absolute atomic E-state index is 0.0180. The lowest BCUT2D eigenvalue weighted by Crippen LogP contribution is -1.90. The van der Waals surface area contributed by atoms with Crippen LogP contribution in [0.1, 0.15) is 16.7 Å². The van der Waals surface area contributed by atoms with Gasteiger partial charge in [-0.1, -0.05) is 24.3 Å². The highest BCUT2D eigenvalue weighted by Crippen LogP contribution is 2.37. The van der Waals surface area contributed by atoms with Crippen LogP contribution >= 0.6 is 0 Å². The summed E-state index contributed by atoms with van der Waals surface area (Å²) in [6.07, 6.45) is 3.79. The molecule has 0 saturated carbocycles. The van der Waals surface area contributed by atoms with Gasteiger partial charge in [0.1, 0.15) is 0 Å². The first kappa shape index (κ1) is 14.5. The molecule has 0 heterocycles. The van der Waals surface area contributed by atoms with Gasteiger partial charge in [-0.2, -0.15) is 5.26 Å². The Morgan fingerprint density at radius 2 is 1.48 bits per heavy atom. The van der Waals surface area contributed by atoms with Crippen LogP contribution in [0.4, 0.5) is 0 Å². The van der Waals surface area contributed by atoms with E-state index in [1.807, 2.05) is 24.3 Å². The topological polar surface area (TPSA) is 62.5 Å². The quantitative estimate of drug-likeness (QED) is 0.872. The fraction of sp³-hybridized carbons (Fsp3) is 0.118. The summed E-state index contributed by atoms with van der Waals surface area (Å²) in [5.74, 6) is 0.693. The largest absolute Gasteiger partial charge is 0.502 e. The third-order valence-corrected chi connectivity index (χ3v) is 3.01. The van der Waals surface area contributed by atoms with E-state index < -0.39 is 0 Å². The number of nitriles is 1. The summed E-state index contributed by atoms with van der Waals surface area (Å²) in [5, 5.41) is 18.6. The van der Waals surface area contributed by atoms with Crippen molar-refractivity contribution in [3.05, 3.63) is 53.1 Å². The Labute approximate surface area is 123 Å². The van der Waals surface area contributed by atoms with Gasteiger partial charge >= 0.3 is 0 Å². The lowest BCUT2D eigenvalue weighted by atomic mass is 10.1. The fourth-order valence-corrected chi connectivity index (χ4v) is 1.87. The Hall–Kier alpha value is -2.93. The second kappa shape index (κ2) is 6.49. The molecule has 2 aromatic carbocycles. The lowest BCUT2D eigenvalue weighted by Gasteiger charge is -2.09. The van der Waals surface area contributed by atoms with E-state index in [0.29, 0.717) is 17.1 Å². The number of ether oxygens (including phenoxy) is 2. The van der Waals surface area contributed by atoms with E-state index in [1.54, 1.807) is 24.3 Å². The molecule has 2 rings (SSSR count). The molecule has 106 valence electrons. The molecule has 0 fully saturated rings. The highest BCUT2D eigenvalue weighted by Gasteiger charge is 2.09. The van der Waals surface area contributed by atoms with E-state index in [1.165, 1.54) is 14.2 Å². The average molecular weight is 281 g/mol. The summed E-state index contributed by atoms with van der Waals surface area (Å²) in [5.41, 5.74) is 2.44.